The molecule has 0 spiro atoms. The number of benzene rings is 1. The van der Waals surface area contributed by atoms with Crippen LogP contribution in [0.3, 0.4) is 0 Å². The third-order valence-electron chi connectivity index (χ3n) is 6.47. The summed E-state index contributed by atoms with van der Waals surface area (Å²) >= 11 is 12.9. The van der Waals surface area contributed by atoms with Crippen LogP contribution in [0, 0.1) is 5.41 Å². The zero-order chi connectivity index (χ0) is 31.1. The molecule has 0 aliphatic heterocycles. The number of aliphatic carboxylic acids is 1. The third kappa shape index (κ3) is 8.14. The van der Waals surface area contributed by atoms with Gasteiger partial charge in [0.25, 0.3) is 11.5 Å². The van der Waals surface area contributed by atoms with E-state index in [4.69, 9.17) is 27.9 Å². The summed E-state index contributed by atoms with van der Waals surface area (Å²) in [6, 6.07) is 4.12. The third-order valence-corrected chi connectivity index (χ3v) is 8.79. The van der Waals surface area contributed by atoms with Crippen molar-refractivity contribution in [3.8, 4) is 16.9 Å². The molecule has 12 heteroatoms. The lowest BCUT2D eigenvalue weighted by Gasteiger charge is -2.33. The minimum atomic E-state index is -1.43. The van der Waals surface area contributed by atoms with Crippen molar-refractivity contribution in [2.24, 2.45) is 12.5 Å². The average Bonchev–Trinajstić information content (AvgIpc) is 3.12. The van der Waals surface area contributed by atoms with E-state index in [0.717, 1.165) is 12.5 Å². The van der Waals surface area contributed by atoms with Crippen molar-refractivity contribution in [3.63, 3.8) is 0 Å². The van der Waals surface area contributed by atoms with Crippen molar-refractivity contribution in [1.29, 1.82) is 0 Å². The first-order chi connectivity index (χ1) is 18.7. The highest BCUT2D eigenvalue weighted by Crippen LogP contribution is 2.38. The lowest BCUT2D eigenvalue weighted by Crippen LogP contribution is -2.46. The van der Waals surface area contributed by atoms with Crippen molar-refractivity contribution >= 4 is 54.2 Å². The second-order valence-corrected chi connectivity index (χ2v) is 19.9. The molecule has 0 saturated carbocycles. The van der Waals surface area contributed by atoms with Gasteiger partial charge in [-0.05, 0) is 61.0 Å². The Morgan fingerprint density at radius 3 is 2.32 bits per heavy atom. The summed E-state index contributed by atoms with van der Waals surface area (Å²) in [6.07, 6.45) is 2.24. The Labute approximate surface area is 251 Å². The van der Waals surface area contributed by atoms with Crippen LogP contribution in [0.1, 0.15) is 51.4 Å². The van der Waals surface area contributed by atoms with Crippen LogP contribution in [-0.4, -0.2) is 51.3 Å². The number of halogens is 2. The van der Waals surface area contributed by atoms with Gasteiger partial charge in [-0.1, -0.05) is 52.0 Å². The van der Waals surface area contributed by atoms with Gasteiger partial charge in [0.1, 0.15) is 12.2 Å². The Hall–Kier alpha value is -2.82. The van der Waals surface area contributed by atoms with Crippen molar-refractivity contribution in [2.75, 3.05) is 6.61 Å². The van der Waals surface area contributed by atoms with Crippen LogP contribution in [0.15, 0.2) is 23.1 Å². The maximum Gasteiger partial charge on any atom is 0.323 e. The summed E-state index contributed by atoms with van der Waals surface area (Å²) in [6.45, 7) is 16.9. The number of nitrogens with one attached hydrogen (secondary N) is 1. The second kappa shape index (κ2) is 11.8. The van der Waals surface area contributed by atoms with Gasteiger partial charge in [0.15, 0.2) is 5.75 Å². The molecule has 3 rings (SSSR count). The van der Waals surface area contributed by atoms with E-state index < -0.39 is 31.7 Å². The van der Waals surface area contributed by atoms with Crippen LogP contribution >= 0.6 is 23.2 Å². The largest absolute Gasteiger partial charge is 0.491 e. The first-order valence-electron chi connectivity index (χ1n) is 13.5. The van der Waals surface area contributed by atoms with Gasteiger partial charge in [-0.15, -0.1) is 0 Å². The molecule has 1 aromatic carbocycles. The molecular formula is C29H40Cl2N4O5Si. The Morgan fingerprint density at radius 1 is 1.12 bits per heavy atom. The lowest BCUT2D eigenvalue weighted by molar-refractivity contribution is -0.137. The van der Waals surface area contributed by atoms with E-state index in [1.807, 2.05) is 13.8 Å². The molecule has 0 radical (unpaired) electrons. The van der Waals surface area contributed by atoms with E-state index in [9.17, 15) is 19.5 Å². The molecule has 0 fully saturated rings. The fourth-order valence-corrected chi connectivity index (χ4v) is 6.19. The lowest BCUT2D eigenvalue weighted by atomic mass is 9.81. The van der Waals surface area contributed by atoms with Gasteiger partial charge in [-0.2, -0.15) is 0 Å². The van der Waals surface area contributed by atoms with E-state index in [1.165, 1.54) is 22.4 Å². The predicted molar refractivity (Wildman–Crippen MR) is 167 cm³/mol. The van der Waals surface area contributed by atoms with Crippen molar-refractivity contribution in [2.45, 2.75) is 78.8 Å². The zero-order valence-corrected chi connectivity index (χ0v) is 27.8. The number of rotatable bonds is 10. The summed E-state index contributed by atoms with van der Waals surface area (Å²) in [7, 11) is 0.0467. The first-order valence-corrected chi connectivity index (χ1v) is 17.9. The number of fused-ring (bicyclic) bond motifs is 1. The van der Waals surface area contributed by atoms with Crippen LogP contribution in [0.4, 0.5) is 0 Å². The molecule has 1 amide bonds. The van der Waals surface area contributed by atoms with Crippen LogP contribution in [0.25, 0.3) is 22.2 Å². The van der Waals surface area contributed by atoms with Gasteiger partial charge < -0.3 is 19.7 Å². The van der Waals surface area contributed by atoms with Crippen LogP contribution in [-0.2, 0) is 18.4 Å². The van der Waals surface area contributed by atoms with Gasteiger partial charge >= 0.3 is 5.97 Å². The van der Waals surface area contributed by atoms with Crippen molar-refractivity contribution < 1.29 is 19.4 Å². The molecule has 2 heterocycles. The van der Waals surface area contributed by atoms with Crippen molar-refractivity contribution in [3.05, 3.63) is 44.6 Å². The summed E-state index contributed by atoms with van der Waals surface area (Å²) in [5, 5.41) is 12.9. The maximum absolute atomic E-state index is 13.8. The molecule has 0 saturated heterocycles. The molecule has 224 valence electrons. The quantitative estimate of drug-likeness (QED) is 0.198. The summed E-state index contributed by atoms with van der Waals surface area (Å²) in [5.41, 5.74) is 0.144. The second-order valence-electron chi connectivity index (χ2n) is 13.6. The molecule has 0 aliphatic rings. The highest BCUT2D eigenvalue weighted by molar-refractivity contribution is 6.76. The van der Waals surface area contributed by atoms with Gasteiger partial charge in [0.05, 0.1) is 22.6 Å². The predicted octanol–water partition coefficient (Wildman–Crippen LogP) is 6.46. The maximum atomic E-state index is 13.8. The van der Waals surface area contributed by atoms with Crippen LogP contribution < -0.4 is 15.6 Å². The Morgan fingerprint density at radius 2 is 1.76 bits per heavy atom. The number of aromatic nitrogens is 3. The van der Waals surface area contributed by atoms with Gasteiger partial charge in [0.2, 0.25) is 5.28 Å². The van der Waals surface area contributed by atoms with Gasteiger partial charge in [0, 0.05) is 32.4 Å². The SMILES string of the molecule is Cn1c(Cl)nc2c(c(-c3cc(Cl)c(OCC[Si](C)(C)C)c(C(=O)NC(C)(C)CC(C)(C)C)c3)cn2CC(=O)O)c1=O. The monoisotopic (exact) mass is 622 g/mol. The number of carbonyl (C=O) groups excluding carboxylic acids is 1. The molecule has 41 heavy (non-hydrogen) atoms. The fourth-order valence-electron chi connectivity index (χ4n) is 5.04. The molecule has 3 aromatic rings. The van der Waals surface area contributed by atoms with E-state index in [0.29, 0.717) is 17.7 Å². The Bertz CT molecular complexity index is 1550. The molecule has 0 atom stereocenters. The highest BCUT2D eigenvalue weighted by atomic mass is 35.5. The highest BCUT2D eigenvalue weighted by Gasteiger charge is 2.30. The van der Waals surface area contributed by atoms with E-state index in [1.54, 1.807) is 12.1 Å². The Balaban J connectivity index is 2.23. The molecule has 2 N–H and O–H groups in total. The topological polar surface area (TPSA) is 115 Å². The minimum Gasteiger partial charge on any atom is -0.491 e. The normalized spacial score (nSPS) is 12.6. The first kappa shape index (κ1) is 32.7. The number of ether oxygens (including phenoxy) is 1. The number of carboxylic acids is 1. The number of nitrogens with zero attached hydrogens (tertiary/aromatic N) is 3. The zero-order valence-electron chi connectivity index (χ0n) is 25.2. The summed E-state index contributed by atoms with van der Waals surface area (Å²) in [5.74, 6) is -1.22. The molecular weight excluding hydrogens is 583 g/mol. The summed E-state index contributed by atoms with van der Waals surface area (Å²) in [4.78, 5) is 43.0. The van der Waals surface area contributed by atoms with Crippen LogP contribution in [0.5, 0.6) is 5.75 Å². The number of hydrogen-bond donors (Lipinski definition) is 2. The number of carboxylic acid groups (broad SMARTS) is 1. The number of hydrogen-bond acceptors (Lipinski definition) is 5. The van der Waals surface area contributed by atoms with E-state index >= 15 is 0 Å². The minimum absolute atomic E-state index is 0.0345. The number of amides is 1. The van der Waals surface area contributed by atoms with E-state index in [-0.39, 0.29) is 44.0 Å². The smallest absolute Gasteiger partial charge is 0.323 e. The van der Waals surface area contributed by atoms with Gasteiger partial charge in [-0.25, -0.2) is 4.98 Å². The van der Waals surface area contributed by atoms with Crippen molar-refractivity contribution in [1.82, 2.24) is 19.4 Å². The molecule has 0 unspecified atom stereocenters. The average molecular weight is 624 g/mol. The Kier molecular flexibility index (Phi) is 9.42. The standard InChI is InChI=1S/C29H40Cl2N4O5Si/c1-28(2,3)16-29(4,5)33-25(38)18-12-17(13-20(30)23(18)40-10-11-41(7,8)9)19-14-35(15-21(36)37)24-22(19)26(39)34(6)27(31)32-24/h12-14H,10-11,15-16H2,1-9H3,(H,33,38)(H,36,37). The molecule has 2 aromatic heterocycles. The van der Waals surface area contributed by atoms with E-state index in [2.05, 4.69) is 50.7 Å². The van der Waals surface area contributed by atoms with Gasteiger partial charge in [-0.3, -0.25) is 19.0 Å². The molecule has 0 bridgehead atoms. The fraction of sp³-hybridized carbons (Fsp3) is 0.517. The molecule has 9 nitrogen and oxygen atoms in total. The number of carbonyl (C=O) groups is 2. The van der Waals surface area contributed by atoms with Crippen LogP contribution in [0.2, 0.25) is 36.0 Å². The summed E-state index contributed by atoms with van der Waals surface area (Å²) < 4.78 is 8.66. The molecule has 0 aliphatic carbocycles.